The van der Waals surface area contributed by atoms with Crippen LogP contribution in [0.15, 0.2) is 0 Å². The SMILES string of the molecule is CCC(COC)NC(=O)N1CC(C)(OCC(=O)O)C1. The maximum absolute atomic E-state index is 11.9. The third-order valence-corrected chi connectivity index (χ3v) is 3.07. The van der Waals surface area contributed by atoms with Crippen molar-refractivity contribution in [2.45, 2.75) is 31.9 Å². The van der Waals surface area contributed by atoms with Gasteiger partial charge in [-0.25, -0.2) is 9.59 Å². The molecule has 1 atom stereocenters. The van der Waals surface area contributed by atoms with Crippen LogP contribution in [0.4, 0.5) is 4.79 Å². The lowest BCUT2D eigenvalue weighted by atomic mass is 9.97. The third kappa shape index (κ3) is 4.68. The van der Waals surface area contributed by atoms with Gasteiger partial charge in [0.2, 0.25) is 0 Å². The molecule has 1 aliphatic heterocycles. The number of hydrogen-bond donors (Lipinski definition) is 2. The number of urea groups is 1. The zero-order valence-corrected chi connectivity index (χ0v) is 11.6. The Morgan fingerprint density at radius 1 is 1.47 bits per heavy atom. The van der Waals surface area contributed by atoms with E-state index in [1.165, 1.54) is 0 Å². The molecule has 0 aliphatic carbocycles. The van der Waals surface area contributed by atoms with E-state index in [2.05, 4.69) is 5.32 Å². The Hall–Kier alpha value is -1.34. The summed E-state index contributed by atoms with van der Waals surface area (Å²) in [6.45, 7) is 4.70. The Morgan fingerprint density at radius 2 is 2.11 bits per heavy atom. The summed E-state index contributed by atoms with van der Waals surface area (Å²) in [6, 6.07) is -0.176. The molecule has 0 aromatic carbocycles. The predicted molar refractivity (Wildman–Crippen MR) is 68.1 cm³/mol. The van der Waals surface area contributed by atoms with Crippen LogP contribution in [-0.4, -0.2) is 67.1 Å². The number of aliphatic carboxylic acids is 1. The number of methoxy groups -OCH3 is 1. The van der Waals surface area contributed by atoms with Gasteiger partial charge in [-0.05, 0) is 13.3 Å². The van der Waals surface area contributed by atoms with E-state index < -0.39 is 11.6 Å². The van der Waals surface area contributed by atoms with Crippen molar-refractivity contribution >= 4 is 12.0 Å². The number of ether oxygens (including phenoxy) is 2. The Kier molecular flexibility index (Phi) is 5.56. The van der Waals surface area contributed by atoms with Gasteiger partial charge in [-0.3, -0.25) is 0 Å². The molecule has 0 bridgehead atoms. The molecule has 0 aromatic rings. The first-order valence-electron chi connectivity index (χ1n) is 6.30. The maximum atomic E-state index is 11.9. The first kappa shape index (κ1) is 15.7. The lowest BCUT2D eigenvalue weighted by Gasteiger charge is -2.47. The van der Waals surface area contributed by atoms with Crippen molar-refractivity contribution in [3.05, 3.63) is 0 Å². The highest BCUT2D eigenvalue weighted by Crippen LogP contribution is 2.24. The quantitative estimate of drug-likeness (QED) is 0.697. The first-order chi connectivity index (χ1) is 8.90. The lowest BCUT2D eigenvalue weighted by molar-refractivity contribution is -0.159. The standard InChI is InChI=1S/C12H22N2O5/c1-4-9(5-18-3)13-11(17)14-7-12(2,8-14)19-6-10(15)16/h9H,4-8H2,1-3H3,(H,13,17)(H,15,16). The van der Waals surface area contributed by atoms with Gasteiger partial charge in [-0.1, -0.05) is 6.92 Å². The number of carbonyl (C=O) groups excluding carboxylic acids is 1. The topological polar surface area (TPSA) is 88.1 Å². The van der Waals surface area contributed by atoms with E-state index in [1.807, 2.05) is 6.92 Å². The molecule has 2 amide bonds. The van der Waals surface area contributed by atoms with Crippen molar-refractivity contribution in [2.24, 2.45) is 0 Å². The Morgan fingerprint density at radius 3 is 2.58 bits per heavy atom. The van der Waals surface area contributed by atoms with Crippen LogP contribution in [0, 0.1) is 0 Å². The molecule has 7 heteroatoms. The molecule has 7 nitrogen and oxygen atoms in total. The zero-order chi connectivity index (χ0) is 14.5. The fraction of sp³-hybridized carbons (Fsp3) is 0.833. The van der Waals surface area contributed by atoms with E-state index in [4.69, 9.17) is 14.6 Å². The predicted octanol–water partition coefficient (Wildman–Crippen LogP) is 0.297. The van der Waals surface area contributed by atoms with Crippen LogP contribution in [0.3, 0.4) is 0 Å². The Labute approximate surface area is 112 Å². The number of nitrogens with zero attached hydrogens (tertiary/aromatic N) is 1. The summed E-state index contributed by atoms with van der Waals surface area (Å²) in [5.41, 5.74) is -0.557. The number of hydrogen-bond acceptors (Lipinski definition) is 4. The molecule has 1 saturated heterocycles. The molecule has 19 heavy (non-hydrogen) atoms. The summed E-state index contributed by atoms with van der Waals surface area (Å²) < 4.78 is 10.3. The summed E-state index contributed by atoms with van der Waals surface area (Å²) in [4.78, 5) is 23.9. The molecule has 0 spiro atoms. The molecule has 0 saturated carbocycles. The molecule has 1 aliphatic rings. The van der Waals surface area contributed by atoms with Gasteiger partial charge >= 0.3 is 12.0 Å². The number of carbonyl (C=O) groups is 2. The molecule has 110 valence electrons. The molecule has 1 fully saturated rings. The second-order valence-electron chi connectivity index (χ2n) is 5.00. The Bertz CT molecular complexity index is 328. The normalized spacial score (nSPS) is 18.6. The van der Waals surface area contributed by atoms with Gasteiger partial charge in [0.25, 0.3) is 0 Å². The summed E-state index contributed by atoms with van der Waals surface area (Å²) in [7, 11) is 1.59. The van der Waals surface area contributed by atoms with Gasteiger partial charge < -0.3 is 24.8 Å². The Balaban J connectivity index is 2.32. The number of likely N-dealkylation sites (tertiary alicyclic amines) is 1. The van der Waals surface area contributed by atoms with E-state index in [0.29, 0.717) is 19.7 Å². The molecular formula is C12H22N2O5. The third-order valence-electron chi connectivity index (χ3n) is 3.07. The van der Waals surface area contributed by atoms with Crippen LogP contribution >= 0.6 is 0 Å². The van der Waals surface area contributed by atoms with E-state index in [0.717, 1.165) is 6.42 Å². The van der Waals surface area contributed by atoms with Gasteiger partial charge in [0.05, 0.1) is 25.7 Å². The van der Waals surface area contributed by atoms with Gasteiger partial charge in [-0.2, -0.15) is 0 Å². The average molecular weight is 274 g/mol. The van der Waals surface area contributed by atoms with Crippen LogP contribution in [0.2, 0.25) is 0 Å². The van der Waals surface area contributed by atoms with Gasteiger partial charge in [-0.15, -0.1) is 0 Å². The van der Waals surface area contributed by atoms with E-state index >= 15 is 0 Å². The molecule has 1 unspecified atom stereocenters. The van der Waals surface area contributed by atoms with Gasteiger partial charge in [0.15, 0.2) is 0 Å². The summed E-state index contributed by atoms with van der Waals surface area (Å²) in [5, 5.41) is 11.4. The van der Waals surface area contributed by atoms with Crippen LogP contribution in [-0.2, 0) is 14.3 Å². The van der Waals surface area contributed by atoms with E-state index in [-0.39, 0.29) is 18.7 Å². The average Bonchev–Trinajstić information content (AvgIpc) is 2.32. The van der Waals surface area contributed by atoms with Crippen molar-refractivity contribution in [3.8, 4) is 0 Å². The first-order valence-corrected chi connectivity index (χ1v) is 6.30. The highest BCUT2D eigenvalue weighted by molar-refractivity contribution is 5.76. The number of nitrogens with one attached hydrogen (secondary N) is 1. The lowest BCUT2D eigenvalue weighted by Crippen LogP contribution is -2.66. The number of amides is 2. The highest BCUT2D eigenvalue weighted by atomic mass is 16.5. The van der Waals surface area contributed by atoms with E-state index in [9.17, 15) is 9.59 Å². The number of rotatable bonds is 7. The molecule has 2 N–H and O–H groups in total. The fourth-order valence-electron chi connectivity index (χ4n) is 1.96. The fourth-order valence-corrected chi connectivity index (χ4v) is 1.96. The summed E-state index contributed by atoms with van der Waals surface area (Å²) >= 11 is 0. The largest absolute Gasteiger partial charge is 0.480 e. The van der Waals surface area contributed by atoms with Crippen molar-refractivity contribution in [1.82, 2.24) is 10.2 Å². The second kappa shape index (κ2) is 6.72. The van der Waals surface area contributed by atoms with Crippen LogP contribution in [0.1, 0.15) is 20.3 Å². The molecule has 0 aromatic heterocycles. The maximum Gasteiger partial charge on any atom is 0.329 e. The van der Waals surface area contributed by atoms with Gasteiger partial charge in [0, 0.05) is 7.11 Å². The summed E-state index contributed by atoms with van der Waals surface area (Å²) in [5.74, 6) is -1.00. The van der Waals surface area contributed by atoms with Crippen molar-refractivity contribution in [1.29, 1.82) is 0 Å². The monoisotopic (exact) mass is 274 g/mol. The molecule has 1 rings (SSSR count). The van der Waals surface area contributed by atoms with Gasteiger partial charge in [0.1, 0.15) is 12.2 Å². The second-order valence-corrected chi connectivity index (χ2v) is 5.00. The van der Waals surface area contributed by atoms with Crippen LogP contribution in [0.25, 0.3) is 0 Å². The minimum atomic E-state index is -1.00. The van der Waals surface area contributed by atoms with E-state index in [1.54, 1.807) is 18.9 Å². The summed E-state index contributed by atoms with van der Waals surface area (Å²) in [6.07, 6.45) is 0.792. The molecule has 1 heterocycles. The molecule has 0 radical (unpaired) electrons. The van der Waals surface area contributed by atoms with Crippen LogP contribution < -0.4 is 5.32 Å². The van der Waals surface area contributed by atoms with Crippen molar-refractivity contribution in [3.63, 3.8) is 0 Å². The number of carboxylic acid groups (broad SMARTS) is 1. The highest BCUT2D eigenvalue weighted by Gasteiger charge is 2.43. The zero-order valence-electron chi connectivity index (χ0n) is 11.6. The minimum absolute atomic E-state index is 0.00991. The minimum Gasteiger partial charge on any atom is -0.480 e. The smallest absolute Gasteiger partial charge is 0.329 e. The van der Waals surface area contributed by atoms with Crippen LogP contribution in [0.5, 0.6) is 0 Å². The van der Waals surface area contributed by atoms with Crippen molar-refractivity contribution in [2.75, 3.05) is 33.4 Å². The molecular weight excluding hydrogens is 252 g/mol. The van der Waals surface area contributed by atoms with Crippen molar-refractivity contribution < 1.29 is 24.2 Å². The number of carboxylic acids is 1.